The molecule has 0 saturated heterocycles. The normalized spacial score (nSPS) is 10.3. The van der Waals surface area contributed by atoms with Gasteiger partial charge < -0.3 is 9.64 Å². The molecule has 0 radical (unpaired) electrons. The Labute approximate surface area is 146 Å². The summed E-state index contributed by atoms with van der Waals surface area (Å²) in [4.78, 5) is 30.2. The van der Waals surface area contributed by atoms with Gasteiger partial charge in [-0.1, -0.05) is 29.8 Å². The first-order chi connectivity index (χ1) is 11.4. The summed E-state index contributed by atoms with van der Waals surface area (Å²) in [6.07, 6.45) is 0. The average molecular weight is 347 g/mol. The number of para-hydroxylation sites is 1. The third-order valence-corrected chi connectivity index (χ3v) is 3.79. The predicted molar refractivity (Wildman–Crippen MR) is 93.5 cm³/mol. The van der Waals surface area contributed by atoms with Crippen LogP contribution in [0, 0.1) is 13.8 Å². The van der Waals surface area contributed by atoms with Crippen LogP contribution in [-0.4, -0.2) is 30.0 Å². The quantitative estimate of drug-likeness (QED) is 0.613. The van der Waals surface area contributed by atoms with Crippen molar-refractivity contribution >= 4 is 29.2 Å². The highest BCUT2D eigenvalue weighted by Crippen LogP contribution is 2.20. The number of halogens is 1. The molecule has 2 aromatic rings. The van der Waals surface area contributed by atoms with Crippen LogP contribution in [0.3, 0.4) is 0 Å². The van der Waals surface area contributed by atoms with E-state index in [1.54, 1.807) is 24.8 Å². The van der Waals surface area contributed by atoms with Gasteiger partial charge in [-0.3, -0.25) is 4.79 Å². The summed E-state index contributed by atoms with van der Waals surface area (Å²) in [5, 5.41) is 0.0837. The second-order valence-electron chi connectivity index (χ2n) is 5.30. The zero-order valence-corrected chi connectivity index (χ0v) is 14.6. The molecular weight excluding hydrogens is 328 g/mol. The Morgan fingerprint density at radius 2 is 1.88 bits per heavy atom. The monoisotopic (exact) mass is 346 g/mol. The number of hydrogen-bond acceptors (Lipinski definition) is 4. The van der Waals surface area contributed by atoms with Crippen LogP contribution in [0.15, 0.2) is 36.4 Å². The van der Waals surface area contributed by atoms with Crippen LogP contribution in [0.2, 0.25) is 5.15 Å². The van der Waals surface area contributed by atoms with E-state index in [1.807, 2.05) is 37.3 Å². The van der Waals surface area contributed by atoms with E-state index < -0.39 is 5.97 Å². The van der Waals surface area contributed by atoms with Crippen molar-refractivity contribution < 1.29 is 14.3 Å². The fourth-order valence-corrected chi connectivity index (χ4v) is 2.78. The number of ether oxygens (including phenoxy) is 1. The lowest BCUT2D eigenvalue weighted by Crippen LogP contribution is -2.34. The van der Waals surface area contributed by atoms with E-state index >= 15 is 0 Å². The lowest BCUT2D eigenvalue weighted by molar-refractivity contribution is -0.121. The average Bonchev–Trinajstić information content (AvgIpc) is 2.53. The Hall–Kier alpha value is -2.40. The number of aromatic nitrogens is 1. The Kier molecular flexibility index (Phi) is 5.93. The van der Waals surface area contributed by atoms with Crippen LogP contribution in [0.1, 0.15) is 28.5 Å². The lowest BCUT2D eigenvalue weighted by Gasteiger charge is -2.21. The van der Waals surface area contributed by atoms with Gasteiger partial charge in [0.15, 0.2) is 6.61 Å². The highest BCUT2D eigenvalue weighted by Gasteiger charge is 2.20. The highest BCUT2D eigenvalue weighted by molar-refractivity contribution is 6.32. The van der Waals surface area contributed by atoms with Gasteiger partial charge in [0, 0.05) is 17.9 Å². The van der Waals surface area contributed by atoms with Crippen molar-refractivity contribution in [3.8, 4) is 0 Å². The molecule has 1 aromatic heterocycles. The van der Waals surface area contributed by atoms with Crippen molar-refractivity contribution in [2.75, 3.05) is 18.1 Å². The maximum atomic E-state index is 12.3. The number of carbonyl (C=O) groups excluding carboxylic acids is 2. The van der Waals surface area contributed by atoms with E-state index in [0.29, 0.717) is 17.8 Å². The van der Waals surface area contributed by atoms with E-state index in [4.69, 9.17) is 16.3 Å². The molecule has 126 valence electrons. The van der Waals surface area contributed by atoms with Crippen molar-refractivity contribution in [1.82, 2.24) is 4.98 Å². The first kappa shape index (κ1) is 17.9. The number of esters is 1. The van der Waals surface area contributed by atoms with Crippen molar-refractivity contribution in [3.63, 3.8) is 0 Å². The molecule has 1 aromatic carbocycles. The fraction of sp³-hybridized carbons (Fsp3) is 0.278. The van der Waals surface area contributed by atoms with Gasteiger partial charge in [-0.25, -0.2) is 9.78 Å². The zero-order valence-electron chi connectivity index (χ0n) is 13.9. The van der Waals surface area contributed by atoms with E-state index in [2.05, 4.69) is 4.98 Å². The molecule has 0 bridgehead atoms. The molecule has 0 atom stereocenters. The number of likely N-dealkylation sites (N-methyl/N-ethyl adjacent to an activating group) is 1. The second kappa shape index (κ2) is 7.93. The number of nitrogens with zero attached hydrogens (tertiary/aromatic N) is 2. The first-order valence-electron chi connectivity index (χ1n) is 7.60. The van der Waals surface area contributed by atoms with Gasteiger partial charge in [-0.2, -0.15) is 0 Å². The summed E-state index contributed by atoms with van der Waals surface area (Å²) in [7, 11) is 0. The molecule has 6 heteroatoms. The topological polar surface area (TPSA) is 59.5 Å². The Bertz CT molecular complexity index is 724. The van der Waals surface area contributed by atoms with Gasteiger partial charge >= 0.3 is 5.97 Å². The van der Waals surface area contributed by atoms with Crippen LogP contribution in [0.25, 0.3) is 0 Å². The summed E-state index contributed by atoms with van der Waals surface area (Å²) < 4.78 is 5.14. The molecule has 0 aliphatic carbocycles. The molecule has 0 unspecified atom stereocenters. The standard InChI is InChI=1S/C18H19ClN2O3/c1-4-21(14-8-6-5-7-9-14)15(22)11-24-18(23)16-12(2)10-13(3)20-17(16)19/h5-10H,4,11H2,1-3H3. The van der Waals surface area contributed by atoms with Crippen LogP contribution < -0.4 is 4.90 Å². The third kappa shape index (κ3) is 4.11. The Morgan fingerprint density at radius 1 is 1.21 bits per heavy atom. The summed E-state index contributed by atoms with van der Waals surface area (Å²) in [6, 6.07) is 11.0. The number of carbonyl (C=O) groups is 2. The van der Waals surface area contributed by atoms with Crippen molar-refractivity contribution in [2.24, 2.45) is 0 Å². The molecule has 0 aliphatic rings. The van der Waals surface area contributed by atoms with E-state index in [1.165, 1.54) is 0 Å². The van der Waals surface area contributed by atoms with Gasteiger partial charge in [0.05, 0.1) is 5.56 Å². The lowest BCUT2D eigenvalue weighted by atomic mass is 10.1. The van der Waals surface area contributed by atoms with Crippen LogP contribution in [-0.2, 0) is 9.53 Å². The van der Waals surface area contributed by atoms with E-state index in [-0.39, 0.29) is 23.2 Å². The number of hydrogen-bond donors (Lipinski definition) is 0. The van der Waals surface area contributed by atoms with E-state index in [0.717, 1.165) is 5.69 Å². The van der Waals surface area contributed by atoms with Crippen LogP contribution >= 0.6 is 11.6 Å². The molecular formula is C18H19ClN2O3. The predicted octanol–water partition coefficient (Wildman–Crippen LogP) is 3.56. The SMILES string of the molecule is CCN(C(=O)COC(=O)c1c(C)cc(C)nc1Cl)c1ccccc1. The molecule has 0 spiro atoms. The molecule has 5 nitrogen and oxygen atoms in total. The fourth-order valence-electron chi connectivity index (χ4n) is 2.42. The molecule has 0 saturated carbocycles. The first-order valence-corrected chi connectivity index (χ1v) is 7.98. The number of amides is 1. The summed E-state index contributed by atoms with van der Waals surface area (Å²) >= 11 is 6.02. The second-order valence-corrected chi connectivity index (χ2v) is 5.65. The smallest absolute Gasteiger partial charge is 0.342 e. The number of benzene rings is 1. The van der Waals surface area contributed by atoms with Crippen LogP contribution in [0.5, 0.6) is 0 Å². The van der Waals surface area contributed by atoms with Crippen molar-refractivity contribution in [3.05, 3.63) is 58.4 Å². The third-order valence-electron chi connectivity index (χ3n) is 3.52. The highest BCUT2D eigenvalue weighted by atomic mass is 35.5. The van der Waals surface area contributed by atoms with Crippen molar-refractivity contribution in [2.45, 2.75) is 20.8 Å². The van der Waals surface area contributed by atoms with E-state index in [9.17, 15) is 9.59 Å². The molecule has 0 fully saturated rings. The Morgan fingerprint density at radius 3 is 2.46 bits per heavy atom. The molecule has 1 heterocycles. The van der Waals surface area contributed by atoms with Gasteiger partial charge in [-0.05, 0) is 44.5 Å². The minimum absolute atomic E-state index is 0.0837. The summed E-state index contributed by atoms with van der Waals surface area (Å²) in [5.41, 5.74) is 2.33. The van der Waals surface area contributed by atoms with Gasteiger partial charge in [-0.15, -0.1) is 0 Å². The van der Waals surface area contributed by atoms with Crippen LogP contribution in [0.4, 0.5) is 5.69 Å². The molecule has 24 heavy (non-hydrogen) atoms. The number of anilines is 1. The Balaban J connectivity index is 2.07. The van der Waals surface area contributed by atoms with Gasteiger partial charge in [0.1, 0.15) is 5.15 Å². The molecule has 2 rings (SSSR count). The number of aryl methyl sites for hydroxylation is 2. The minimum Gasteiger partial charge on any atom is -0.452 e. The zero-order chi connectivity index (χ0) is 17.7. The summed E-state index contributed by atoms with van der Waals surface area (Å²) in [6.45, 7) is 5.52. The maximum Gasteiger partial charge on any atom is 0.342 e. The number of rotatable bonds is 5. The largest absolute Gasteiger partial charge is 0.452 e. The number of pyridine rings is 1. The molecule has 0 N–H and O–H groups in total. The molecule has 0 aliphatic heterocycles. The summed E-state index contributed by atoms with van der Waals surface area (Å²) in [5.74, 6) is -0.951. The minimum atomic E-state index is -0.650. The molecule has 1 amide bonds. The van der Waals surface area contributed by atoms with Gasteiger partial charge in [0.25, 0.3) is 5.91 Å². The maximum absolute atomic E-state index is 12.3. The van der Waals surface area contributed by atoms with Gasteiger partial charge in [0.2, 0.25) is 0 Å². The van der Waals surface area contributed by atoms with Crippen molar-refractivity contribution in [1.29, 1.82) is 0 Å².